The second kappa shape index (κ2) is 16.6. The molecule has 130 valence electrons. The largest absolute Gasteiger partial charge is 0.462 e. The van der Waals surface area contributed by atoms with Crippen LogP contribution < -0.4 is 0 Å². The summed E-state index contributed by atoms with van der Waals surface area (Å²) >= 11 is 0. The predicted octanol–water partition coefficient (Wildman–Crippen LogP) is 6.59. The third-order valence-corrected chi connectivity index (χ3v) is 4.10. The molecule has 0 radical (unpaired) electrons. The number of unbranched alkanes of at least 4 members (excludes halogenated alkanes) is 11. The van der Waals surface area contributed by atoms with Crippen molar-refractivity contribution in [3.63, 3.8) is 0 Å². The Kier molecular flexibility index (Phi) is 16.0. The molecule has 2 heteroatoms. The molecule has 0 saturated heterocycles. The Morgan fingerprint density at radius 3 is 1.73 bits per heavy atom. The zero-order valence-electron chi connectivity index (χ0n) is 15.1. The zero-order chi connectivity index (χ0) is 16.5. The minimum Gasteiger partial charge on any atom is -0.462 e. The summed E-state index contributed by atoms with van der Waals surface area (Å²) in [5.74, 6) is -0.181. The average Bonchev–Trinajstić information content (AvgIpc) is 2.52. The van der Waals surface area contributed by atoms with E-state index in [2.05, 4.69) is 20.4 Å². The molecule has 0 aromatic carbocycles. The Balaban J connectivity index is 3.37. The Bertz CT molecular complexity index is 271. The summed E-state index contributed by atoms with van der Waals surface area (Å²) in [6.07, 6.45) is 16.9. The summed E-state index contributed by atoms with van der Waals surface area (Å²) in [6.45, 7) is 8.88. The lowest BCUT2D eigenvalue weighted by molar-refractivity contribution is -0.139. The van der Waals surface area contributed by atoms with Crippen LogP contribution in [0.1, 0.15) is 104 Å². The molecule has 0 bridgehead atoms. The average molecular weight is 311 g/mol. The smallest absolute Gasteiger partial charge is 0.333 e. The highest BCUT2D eigenvalue weighted by molar-refractivity contribution is 5.87. The Morgan fingerprint density at radius 2 is 1.18 bits per heavy atom. The van der Waals surface area contributed by atoms with Gasteiger partial charge in [0.1, 0.15) is 0 Å². The maximum atomic E-state index is 11.8. The van der Waals surface area contributed by atoms with Crippen molar-refractivity contribution in [2.24, 2.45) is 0 Å². The standard InChI is InChI=1S/C20H38O2/c1-4-6-8-10-12-14-16-18-22-20(21)19(3)17-15-13-11-9-7-5-2/h3-18H2,1-2H3. The lowest BCUT2D eigenvalue weighted by atomic mass is 10.1. The maximum Gasteiger partial charge on any atom is 0.333 e. The van der Waals surface area contributed by atoms with Gasteiger partial charge in [-0.3, -0.25) is 0 Å². The highest BCUT2D eigenvalue weighted by Crippen LogP contribution is 2.12. The number of rotatable bonds is 16. The van der Waals surface area contributed by atoms with Crippen LogP contribution in [0, 0.1) is 0 Å². The van der Waals surface area contributed by atoms with Crippen LogP contribution in [0.3, 0.4) is 0 Å². The van der Waals surface area contributed by atoms with E-state index in [9.17, 15) is 4.79 Å². The summed E-state index contributed by atoms with van der Waals surface area (Å²) < 4.78 is 5.29. The van der Waals surface area contributed by atoms with E-state index in [-0.39, 0.29) is 5.97 Å². The number of carbonyl (C=O) groups excluding carboxylic acids is 1. The van der Waals surface area contributed by atoms with Crippen molar-refractivity contribution in [1.82, 2.24) is 0 Å². The molecule has 0 heterocycles. The van der Waals surface area contributed by atoms with Gasteiger partial charge in [-0.2, -0.15) is 0 Å². The van der Waals surface area contributed by atoms with E-state index in [0.717, 1.165) is 19.3 Å². The molecule has 0 amide bonds. The van der Waals surface area contributed by atoms with Crippen LogP contribution in [-0.2, 0) is 9.53 Å². The van der Waals surface area contributed by atoms with Crippen LogP contribution >= 0.6 is 0 Å². The minimum absolute atomic E-state index is 0.181. The molecule has 0 saturated carbocycles. The van der Waals surface area contributed by atoms with Gasteiger partial charge in [0.05, 0.1) is 6.61 Å². The van der Waals surface area contributed by atoms with Crippen molar-refractivity contribution in [1.29, 1.82) is 0 Å². The van der Waals surface area contributed by atoms with Crippen molar-refractivity contribution in [3.8, 4) is 0 Å². The van der Waals surface area contributed by atoms with Crippen LogP contribution in [0.25, 0.3) is 0 Å². The Morgan fingerprint density at radius 1 is 0.727 bits per heavy atom. The Labute approximate surface area is 138 Å². The first kappa shape index (κ1) is 21.2. The quantitative estimate of drug-likeness (QED) is 0.183. The molecule has 0 atom stereocenters. The number of ether oxygens (including phenoxy) is 1. The number of hydrogen-bond acceptors (Lipinski definition) is 2. The van der Waals surface area contributed by atoms with Gasteiger partial charge in [0.15, 0.2) is 0 Å². The summed E-state index contributed by atoms with van der Waals surface area (Å²) in [5, 5.41) is 0. The normalized spacial score (nSPS) is 10.6. The fraction of sp³-hybridized carbons (Fsp3) is 0.850. The summed E-state index contributed by atoms with van der Waals surface area (Å²) in [6, 6.07) is 0. The van der Waals surface area contributed by atoms with E-state index >= 15 is 0 Å². The van der Waals surface area contributed by atoms with Crippen molar-refractivity contribution < 1.29 is 9.53 Å². The van der Waals surface area contributed by atoms with Crippen molar-refractivity contribution in [3.05, 3.63) is 12.2 Å². The molecule has 0 N–H and O–H groups in total. The molecule has 0 unspecified atom stereocenters. The number of esters is 1. The van der Waals surface area contributed by atoms with E-state index in [1.807, 2.05) is 0 Å². The molecule has 0 aromatic rings. The molecule has 0 rings (SSSR count). The molecule has 2 nitrogen and oxygen atoms in total. The molecule has 0 aliphatic rings. The molecule has 0 aromatic heterocycles. The molecule has 0 aliphatic heterocycles. The monoisotopic (exact) mass is 310 g/mol. The van der Waals surface area contributed by atoms with Crippen LogP contribution in [0.2, 0.25) is 0 Å². The first-order valence-electron chi connectivity index (χ1n) is 9.57. The topological polar surface area (TPSA) is 26.3 Å². The lowest BCUT2D eigenvalue weighted by Crippen LogP contribution is -2.08. The van der Waals surface area contributed by atoms with Gasteiger partial charge in [-0.05, 0) is 19.3 Å². The molecule has 22 heavy (non-hydrogen) atoms. The van der Waals surface area contributed by atoms with Crippen LogP contribution in [0.5, 0.6) is 0 Å². The van der Waals surface area contributed by atoms with Gasteiger partial charge in [-0.1, -0.05) is 91.1 Å². The second-order valence-corrected chi connectivity index (χ2v) is 6.38. The fourth-order valence-electron chi connectivity index (χ4n) is 2.55. The molecule has 0 aliphatic carbocycles. The summed E-state index contributed by atoms with van der Waals surface area (Å²) in [5.41, 5.74) is 0.651. The summed E-state index contributed by atoms with van der Waals surface area (Å²) in [7, 11) is 0. The molecule has 0 fully saturated rings. The van der Waals surface area contributed by atoms with Gasteiger partial charge >= 0.3 is 5.97 Å². The van der Waals surface area contributed by atoms with Crippen molar-refractivity contribution in [2.45, 2.75) is 104 Å². The van der Waals surface area contributed by atoms with E-state index in [1.165, 1.54) is 70.6 Å². The van der Waals surface area contributed by atoms with Crippen LogP contribution in [-0.4, -0.2) is 12.6 Å². The fourth-order valence-corrected chi connectivity index (χ4v) is 2.55. The predicted molar refractivity (Wildman–Crippen MR) is 96.1 cm³/mol. The van der Waals surface area contributed by atoms with Crippen molar-refractivity contribution in [2.75, 3.05) is 6.61 Å². The first-order chi connectivity index (χ1) is 10.7. The van der Waals surface area contributed by atoms with Crippen LogP contribution in [0.4, 0.5) is 0 Å². The third-order valence-electron chi connectivity index (χ3n) is 4.10. The first-order valence-corrected chi connectivity index (χ1v) is 9.57. The van der Waals surface area contributed by atoms with Crippen molar-refractivity contribution >= 4 is 5.97 Å². The molecule has 0 spiro atoms. The summed E-state index contributed by atoms with van der Waals surface area (Å²) in [4.78, 5) is 11.8. The van der Waals surface area contributed by atoms with Gasteiger partial charge in [-0.15, -0.1) is 0 Å². The maximum absolute atomic E-state index is 11.8. The highest BCUT2D eigenvalue weighted by atomic mass is 16.5. The van der Waals surface area contributed by atoms with Gasteiger partial charge < -0.3 is 4.74 Å². The number of hydrogen-bond donors (Lipinski definition) is 0. The van der Waals surface area contributed by atoms with Gasteiger partial charge in [0, 0.05) is 5.57 Å². The SMILES string of the molecule is C=C(CCCCCCCC)C(=O)OCCCCCCCCC. The molecular weight excluding hydrogens is 272 g/mol. The van der Waals surface area contributed by atoms with Gasteiger partial charge in [0.2, 0.25) is 0 Å². The lowest BCUT2D eigenvalue weighted by Gasteiger charge is -2.07. The second-order valence-electron chi connectivity index (χ2n) is 6.38. The highest BCUT2D eigenvalue weighted by Gasteiger charge is 2.07. The van der Waals surface area contributed by atoms with E-state index in [4.69, 9.17) is 4.74 Å². The van der Waals surface area contributed by atoms with Crippen LogP contribution in [0.15, 0.2) is 12.2 Å². The van der Waals surface area contributed by atoms with E-state index in [0.29, 0.717) is 12.2 Å². The van der Waals surface area contributed by atoms with E-state index in [1.54, 1.807) is 0 Å². The third kappa shape index (κ3) is 14.2. The minimum atomic E-state index is -0.181. The molecular formula is C20H38O2. The number of carbonyl (C=O) groups is 1. The Hall–Kier alpha value is -0.790. The van der Waals surface area contributed by atoms with Gasteiger partial charge in [-0.25, -0.2) is 4.79 Å². The van der Waals surface area contributed by atoms with E-state index < -0.39 is 0 Å². The van der Waals surface area contributed by atoms with Gasteiger partial charge in [0.25, 0.3) is 0 Å². The zero-order valence-corrected chi connectivity index (χ0v) is 15.1.